The van der Waals surface area contributed by atoms with E-state index in [1.54, 1.807) is 0 Å². The Labute approximate surface area is 328 Å². The van der Waals surface area contributed by atoms with Gasteiger partial charge in [-0.3, -0.25) is 4.79 Å². The number of esters is 1. The third-order valence-corrected chi connectivity index (χ3v) is 9.46. The molecule has 4 aromatic carbocycles. The minimum Gasteiger partial charge on any atom is -0.433 e. The summed E-state index contributed by atoms with van der Waals surface area (Å²) in [6, 6.07) is 39.9. The molecule has 0 aromatic heterocycles. The highest BCUT2D eigenvalue weighted by Crippen LogP contribution is 2.33. The molecule has 5 rings (SSSR count). The van der Waals surface area contributed by atoms with Gasteiger partial charge in [0.05, 0.1) is 39.5 Å². The fourth-order valence-electron chi connectivity index (χ4n) is 6.61. The minimum absolute atomic E-state index is 0.134. The summed E-state index contributed by atoms with van der Waals surface area (Å²) in [4.78, 5) is 13.9. The van der Waals surface area contributed by atoms with Crippen LogP contribution in [0.5, 0.6) is 0 Å². The molecule has 1 saturated heterocycles. The molecule has 0 amide bonds. The fourth-order valence-corrected chi connectivity index (χ4v) is 6.61. The standard InChI is InChI=1S/C48H58O7/c1-5-19-37(20-6-2)29-30-48(3,4)31-43(49)55-47-46(53-35-41-27-17-10-18-28-41)45(52-34-40-25-15-9-16-26-40)44(51-33-39-23-13-8-14-24-39)42(54-47)36-50-32-38-21-11-7-12-22-38/h7-18,21-28,30,42,44-47H,5-6,19-20,31-36H2,1-4H3/t42-,44-,45+,46+,47+/m1/s1. The Balaban J connectivity index is 1.46. The molecule has 7 heteroatoms. The van der Waals surface area contributed by atoms with Crippen LogP contribution in [0.1, 0.15) is 82.1 Å². The van der Waals surface area contributed by atoms with Crippen molar-refractivity contribution in [3.05, 3.63) is 161 Å². The van der Waals surface area contributed by atoms with E-state index in [2.05, 4.69) is 19.6 Å². The highest BCUT2D eigenvalue weighted by molar-refractivity contribution is 5.70. The monoisotopic (exact) mass is 746 g/mol. The van der Waals surface area contributed by atoms with Crippen LogP contribution in [0.2, 0.25) is 0 Å². The van der Waals surface area contributed by atoms with E-state index in [9.17, 15) is 4.79 Å². The van der Waals surface area contributed by atoms with Crippen LogP contribution in [0.25, 0.3) is 0 Å². The van der Waals surface area contributed by atoms with Crippen molar-refractivity contribution in [2.24, 2.45) is 5.41 Å². The number of hydrogen-bond acceptors (Lipinski definition) is 7. The van der Waals surface area contributed by atoms with Crippen molar-refractivity contribution in [1.82, 2.24) is 0 Å². The number of carbonyl (C=O) groups excluding carboxylic acids is 1. The predicted molar refractivity (Wildman–Crippen MR) is 216 cm³/mol. The lowest BCUT2D eigenvalue weighted by atomic mass is 9.88. The van der Waals surface area contributed by atoms with Crippen LogP contribution in [0.4, 0.5) is 0 Å². The van der Waals surface area contributed by atoms with Crippen LogP contribution in [0.15, 0.2) is 139 Å². The Kier molecular flexibility index (Phi) is 16.9. The summed E-state index contributed by atoms with van der Waals surface area (Å²) in [6.07, 6.45) is 2.37. The zero-order valence-corrected chi connectivity index (χ0v) is 32.9. The first-order valence-electron chi connectivity index (χ1n) is 19.7. The number of hydrogen-bond donors (Lipinski definition) is 0. The van der Waals surface area contributed by atoms with Crippen LogP contribution >= 0.6 is 0 Å². The number of rotatable bonds is 21. The molecule has 1 aliphatic heterocycles. The van der Waals surface area contributed by atoms with Gasteiger partial charge in [0.1, 0.15) is 24.4 Å². The third kappa shape index (κ3) is 14.0. The highest BCUT2D eigenvalue weighted by atomic mass is 16.7. The summed E-state index contributed by atoms with van der Waals surface area (Å²) in [5, 5.41) is 0. The number of benzene rings is 4. The predicted octanol–water partition coefficient (Wildman–Crippen LogP) is 10.3. The molecular formula is C48H58O7. The molecule has 1 aliphatic rings. The Morgan fingerprint density at radius 2 is 1.07 bits per heavy atom. The van der Waals surface area contributed by atoms with Crippen LogP contribution < -0.4 is 0 Å². The lowest BCUT2D eigenvalue weighted by Crippen LogP contribution is -2.62. The topological polar surface area (TPSA) is 72.5 Å². The molecule has 0 unspecified atom stereocenters. The molecule has 4 aromatic rings. The second-order valence-electron chi connectivity index (χ2n) is 14.9. The molecule has 55 heavy (non-hydrogen) atoms. The summed E-state index contributed by atoms with van der Waals surface area (Å²) in [6.45, 7) is 9.83. The van der Waals surface area contributed by atoms with Gasteiger partial charge in [-0.05, 0) is 46.7 Å². The molecule has 0 radical (unpaired) electrons. The van der Waals surface area contributed by atoms with E-state index in [0.29, 0.717) is 19.8 Å². The summed E-state index contributed by atoms with van der Waals surface area (Å²) < 4.78 is 39.5. The number of allylic oxidation sites excluding steroid dienone is 1. The van der Waals surface area contributed by atoms with Crippen molar-refractivity contribution < 1.29 is 33.2 Å². The van der Waals surface area contributed by atoms with Crippen molar-refractivity contribution in [2.45, 2.75) is 117 Å². The van der Waals surface area contributed by atoms with Crippen molar-refractivity contribution in [3.63, 3.8) is 0 Å². The van der Waals surface area contributed by atoms with E-state index in [4.69, 9.17) is 28.4 Å². The van der Waals surface area contributed by atoms with Crippen LogP contribution in [0.3, 0.4) is 0 Å². The van der Waals surface area contributed by atoms with Gasteiger partial charge in [0, 0.05) is 5.41 Å². The van der Waals surface area contributed by atoms with Crippen molar-refractivity contribution in [3.8, 4) is 0 Å². The average molecular weight is 747 g/mol. The van der Waals surface area contributed by atoms with Crippen LogP contribution in [-0.2, 0) is 59.6 Å². The molecule has 0 bridgehead atoms. The Morgan fingerprint density at radius 1 is 0.636 bits per heavy atom. The molecule has 0 aliphatic carbocycles. The van der Waals surface area contributed by atoms with Gasteiger partial charge in [-0.1, -0.05) is 162 Å². The second-order valence-corrected chi connectivity index (χ2v) is 14.9. The van der Waals surface area contributed by atoms with E-state index in [0.717, 1.165) is 47.9 Å². The zero-order chi connectivity index (χ0) is 38.7. The Hall–Kier alpha value is -4.33. The molecule has 5 atom stereocenters. The lowest BCUT2D eigenvalue weighted by Gasteiger charge is -2.45. The normalized spacial score (nSPS) is 19.7. The second kappa shape index (κ2) is 22.3. The van der Waals surface area contributed by atoms with Gasteiger partial charge in [0.15, 0.2) is 0 Å². The van der Waals surface area contributed by atoms with E-state index in [-0.39, 0.29) is 19.6 Å². The molecule has 0 spiro atoms. The number of ether oxygens (including phenoxy) is 6. The smallest absolute Gasteiger partial charge is 0.309 e. The van der Waals surface area contributed by atoms with Crippen LogP contribution in [-0.4, -0.2) is 43.3 Å². The molecular weight excluding hydrogens is 689 g/mol. The van der Waals surface area contributed by atoms with Crippen LogP contribution in [0, 0.1) is 5.41 Å². The first-order valence-corrected chi connectivity index (χ1v) is 19.7. The number of carbonyl (C=O) groups is 1. The van der Waals surface area contributed by atoms with Gasteiger partial charge < -0.3 is 28.4 Å². The van der Waals surface area contributed by atoms with E-state index in [1.165, 1.54) is 5.57 Å². The summed E-state index contributed by atoms with van der Waals surface area (Å²) in [7, 11) is 0. The summed E-state index contributed by atoms with van der Waals surface area (Å²) in [5.41, 5.74) is 8.29. The highest BCUT2D eigenvalue weighted by Gasteiger charge is 2.50. The Morgan fingerprint density at radius 3 is 1.55 bits per heavy atom. The summed E-state index contributed by atoms with van der Waals surface area (Å²) in [5.74, 6) is -0.400. The quantitative estimate of drug-likeness (QED) is 0.0621. The van der Waals surface area contributed by atoms with Gasteiger partial charge in [-0.15, -0.1) is 5.73 Å². The van der Waals surface area contributed by atoms with Gasteiger partial charge in [-0.2, -0.15) is 0 Å². The zero-order valence-electron chi connectivity index (χ0n) is 32.9. The van der Waals surface area contributed by atoms with E-state index < -0.39 is 42.1 Å². The first-order chi connectivity index (χ1) is 26.8. The molecule has 0 N–H and O–H groups in total. The SMILES string of the molecule is CCCC(=C=CC(C)(C)CC(=O)O[C@@H]1O[C@H](COCc2ccccc2)[C@@H](OCc2ccccc2)[C@H](OCc2ccccc2)[C@@H]1OCc1ccccc1)CCC. The minimum atomic E-state index is -1.09. The van der Waals surface area contributed by atoms with Gasteiger partial charge in [-0.25, -0.2) is 0 Å². The molecule has 7 nitrogen and oxygen atoms in total. The van der Waals surface area contributed by atoms with E-state index in [1.807, 2.05) is 141 Å². The fraction of sp³-hybridized carbons (Fsp3) is 0.417. The Bertz CT molecular complexity index is 1730. The summed E-state index contributed by atoms with van der Waals surface area (Å²) >= 11 is 0. The van der Waals surface area contributed by atoms with E-state index >= 15 is 0 Å². The average Bonchev–Trinajstić information content (AvgIpc) is 3.20. The molecule has 1 fully saturated rings. The lowest BCUT2D eigenvalue weighted by molar-refractivity contribution is -0.320. The van der Waals surface area contributed by atoms with Crippen molar-refractivity contribution in [1.29, 1.82) is 0 Å². The maximum absolute atomic E-state index is 13.9. The maximum atomic E-state index is 13.9. The van der Waals surface area contributed by atoms with Crippen molar-refractivity contribution >= 4 is 5.97 Å². The molecule has 292 valence electrons. The van der Waals surface area contributed by atoms with Crippen molar-refractivity contribution in [2.75, 3.05) is 6.61 Å². The molecule has 1 heterocycles. The van der Waals surface area contributed by atoms with Gasteiger partial charge in [0.25, 0.3) is 0 Å². The largest absolute Gasteiger partial charge is 0.433 e. The molecule has 0 saturated carbocycles. The maximum Gasteiger partial charge on any atom is 0.309 e. The van der Waals surface area contributed by atoms with Gasteiger partial charge >= 0.3 is 5.97 Å². The first kappa shape index (κ1) is 41.8. The third-order valence-electron chi connectivity index (χ3n) is 9.46. The van der Waals surface area contributed by atoms with Gasteiger partial charge in [0.2, 0.25) is 6.29 Å².